The highest BCUT2D eigenvalue weighted by atomic mass is 16.5. The van der Waals surface area contributed by atoms with E-state index in [0.29, 0.717) is 12.5 Å². The van der Waals surface area contributed by atoms with E-state index in [4.69, 9.17) is 4.74 Å². The van der Waals surface area contributed by atoms with E-state index in [2.05, 4.69) is 25.9 Å². The van der Waals surface area contributed by atoms with Gasteiger partial charge in [-0.25, -0.2) is 0 Å². The van der Waals surface area contributed by atoms with Crippen LogP contribution in [0.1, 0.15) is 32.9 Å². The van der Waals surface area contributed by atoms with Crippen molar-refractivity contribution in [1.29, 1.82) is 0 Å². The van der Waals surface area contributed by atoms with Crippen LogP contribution in [0.5, 0.6) is 0 Å². The lowest BCUT2D eigenvalue weighted by Gasteiger charge is -2.04. The maximum absolute atomic E-state index is 5.50. The predicted octanol–water partition coefficient (Wildman–Crippen LogP) is 2.47. The van der Waals surface area contributed by atoms with Gasteiger partial charge >= 0.3 is 0 Å². The van der Waals surface area contributed by atoms with Crippen LogP contribution in [0.15, 0.2) is 12.3 Å². The summed E-state index contributed by atoms with van der Waals surface area (Å²) in [5.74, 6) is 0.590. The summed E-state index contributed by atoms with van der Waals surface area (Å²) in [6, 6.07) is 2.02. The van der Waals surface area contributed by atoms with E-state index in [1.165, 1.54) is 0 Å². The molecule has 0 aliphatic carbocycles. The molecule has 0 radical (unpaired) electrons. The molecule has 0 aliphatic rings. The fourth-order valence-electron chi connectivity index (χ4n) is 1.23. The highest BCUT2D eigenvalue weighted by Gasteiger charge is 1.99. The molecule has 1 aromatic rings. The molecular formula is C11H20N2O. The zero-order valence-electron chi connectivity index (χ0n) is 9.36. The smallest absolute Gasteiger partial charge is 0.0906 e. The first kappa shape index (κ1) is 11.2. The van der Waals surface area contributed by atoms with Gasteiger partial charge in [-0.15, -0.1) is 0 Å². The summed E-state index contributed by atoms with van der Waals surface area (Å²) in [5.41, 5.74) is 1.03. The quantitative estimate of drug-likeness (QED) is 0.699. The van der Waals surface area contributed by atoms with Crippen molar-refractivity contribution in [1.82, 2.24) is 9.78 Å². The Hall–Kier alpha value is -0.830. The SMILES string of the molecule is CCCn1ccc(COCC(C)C)n1. The molecule has 0 saturated heterocycles. The van der Waals surface area contributed by atoms with Crippen molar-refractivity contribution >= 4 is 0 Å². The first-order chi connectivity index (χ1) is 6.72. The lowest BCUT2D eigenvalue weighted by Crippen LogP contribution is -2.03. The summed E-state index contributed by atoms with van der Waals surface area (Å²) in [5, 5.41) is 4.39. The third-order valence-corrected chi connectivity index (χ3v) is 1.85. The molecule has 0 bridgehead atoms. The highest BCUT2D eigenvalue weighted by Crippen LogP contribution is 2.01. The minimum atomic E-state index is 0.590. The van der Waals surface area contributed by atoms with Crippen LogP contribution in [0.2, 0.25) is 0 Å². The molecule has 0 aromatic carbocycles. The summed E-state index contributed by atoms with van der Waals surface area (Å²) in [6.45, 7) is 8.88. The largest absolute Gasteiger partial charge is 0.375 e. The molecule has 0 aliphatic heterocycles. The van der Waals surface area contributed by atoms with Gasteiger partial charge in [0.1, 0.15) is 0 Å². The van der Waals surface area contributed by atoms with Crippen molar-refractivity contribution in [3.63, 3.8) is 0 Å². The number of aryl methyl sites for hydroxylation is 1. The lowest BCUT2D eigenvalue weighted by atomic mass is 10.2. The first-order valence-electron chi connectivity index (χ1n) is 5.32. The minimum Gasteiger partial charge on any atom is -0.375 e. The third-order valence-electron chi connectivity index (χ3n) is 1.85. The van der Waals surface area contributed by atoms with Crippen molar-refractivity contribution in [3.8, 4) is 0 Å². The van der Waals surface area contributed by atoms with Gasteiger partial charge in [0.2, 0.25) is 0 Å². The highest BCUT2D eigenvalue weighted by molar-refractivity contribution is 4.96. The third kappa shape index (κ3) is 3.92. The molecule has 0 atom stereocenters. The standard InChI is InChI=1S/C11H20N2O/c1-4-6-13-7-5-11(12-13)9-14-8-10(2)3/h5,7,10H,4,6,8-9H2,1-3H3. The lowest BCUT2D eigenvalue weighted by molar-refractivity contribution is 0.0944. The van der Waals surface area contributed by atoms with E-state index in [1.807, 2.05) is 16.9 Å². The summed E-state index contributed by atoms with van der Waals surface area (Å²) in [4.78, 5) is 0. The number of nitrogens with zero attached hydrogens (tertiary/aromatic N) is 2. The topological polar surface area (TPSA) is 27.1 Å². The Morgan fingerprint density at radius 2 is 2.29 bits per heavy atom. The number of ether oxygens (including phenoxy) is 1. The van der Waals surface area contributed by atoms with Crippen LogP contribution in [-0.4, -0.2) is 16.4 Å². The van der Waals surface area contributed by atoms with Crippen molar-refractivity contribution in [2.24, 2.45) is 5.92 Å². The van der Waals surface area contributed by atoms with Gasteiger partial charge in [-0.05, 0) is 18.4 Å². The predicted molar refractivity (Wildman–Crippen MR) is 57.0 cm³/mol. The number of hydrogen-bond acceptors (Lipinski definition) is 2. The summed E-state index contributed by atoms with van der Waals surface area (Å²) < 4.78 is 7.46. The van der Waals surface area contributed by atoms with Gasteiger partial charge in [-0.1, -0.05) is 20.8 Å². The average molecular weight is 196 g/mol. The molecule has 0 fully saturated rings. The van der Waals surface area contributed by atoms with Crippen LogP contribution < -0.4 is 0 Å². The molecule has 1 heterocycles. The molecule has 1 aromatic heterocycles. The maximum atomic E-state index is 5.50. The molecule has 80 valence electrons. The number of aromatic nitrogens is 2. The van der Waals surface area contributed by atoms with Gasteiger partial charge in [0.15, 0.2) is 0 Å². The Bertz CT molecular complexity index is 256. The molecule has 3 nitrogen and oxygen atoms in total. The van der Waals surface area contributed by atoms with E-state index >= 15 is 0 Å². The van der Waals surface area contributed by atoms with Gasteiger partial charge in [0, 0.05) is 19.3 Å². The van der Waals surface area contributed by atoms with Crippen molar-refractivity contribution in [3.05, 3.63) is 18.0 Å². The van der Waals surface area contributed by atoms with E-state index in [9.17, 15) is 0 Å². The molecular weight excluding hydrogens is 176 g/mol. The summed E-state index contributed by atoms with van der Waals surface area (Å²) >= 11 is 0. The zero-order chi connectivity index (χ0) is 10.4. The second-order valence-electron chi connectivity index (χ2n) is 3.98. The molecule has 0 spiro atoms. The van der Waals surface area contributed by atoms with Crippen molar-refractivity contribution in [2.75, 3.05) is 6.61 Å². The van der Waals surface area contributed by atoms with E-state index in [1.54, 1.807) is 0 Å². The Morgan fingerprint density at radius 3 is 2.93 bits per heavy atom. The first-order valence-corrected chi connectivity index (χ1v) is 5.32. The Kier molecular flexibility index (Phi) is 4.66. The van der Waals surface area contributed by atoms with E-state index in [-0.39, 0.29) is 0 Å². The second-order valence-corrected chi connectivity index (χ2v) is 3.98. The second kappa shape index (κ2) is 5.81. The van der Waals surface area contributed by atoms with Crippen LogP contribution in [0.4, 0.5) is 0 Å². The van der Waals surface area contributed by atoms with Gasteiger partial charge in [0.05, 0.1) is 12.3 Å². The minimum absolute atomic E-state index is 0.590. The molecule has 0 saturated carbocycles. The Balaban J connectivity index is 2.28. The molecule has 0 N–H and O–H groups in total. The molecule has 0 amide bonds. The zero-order valence-corrected chi connectivity index (χ0v) is 9.36. The molecule has 3 heteroatoms. The van der Waals surface area contributed by atoms with E-state index in [0.717, 1.165) is 25.3 Å². The molecule has 14 heavy (non-hydrogen) atoms. The van der Waals surface area contributed by atoms with Crippen LogP contribution >= 0.6 is 0 Å². The van der Waals surface area contributed by atoms with Gasteiger partial charge in [-0.3, -0.25) is 4.68 Å². The van der Waals surface area contributed by atoms with Crippen molar-refractivity contribution in [2.45, 2.75) is 40.3 Å². The van der Waals surface area contributed by atoms with Crippen LogP contribution in [0.25, 0.3) is 0 Å². The maximum Gasteiger partial charge on any atom is 0.0906 e. The fraction of sp³-hybridized carbons (Fsp3) is 0.727. The van der Waals surface area contributed by atoms with Crippen LogP contribution in [0.3, 0.4) is 0 Å². The van der Waals surface area contributed by atoms with Gasteiger partial charge in [-0.2, -0.15) is 5.10 Å². The number of hydrogen-bond donors (Lipinski definition) is 0. The fourth-order valence-corrected chi connectivity index (χ4v) is 1.23. The average Bonchev–Trinajstić information content (AvgIpc) is 2.53. The van der Waals surface area contributed by atoms with E-state index < -0.39 is 0 Å². The van der Waals surface area contributed by atoms with Gasteiger partial charge < -0.3 is 4.74 Å². The number of rotatable bonds is 6. The Morgan fingerprint density at radius 1 is 1.50 bits per heavy atom. The normalized spacial score (nSPS) is 11.1. The Labute approximate surface area is 86.1 Å². The van der Waals surface area contributed by atoms with Gasteiger partial charge in [0.25, 0.3) is 0 Å². The van der Waals surface area contributed by atoms with Crippen LogP contribution in [-0.2, 0) is 17.9 Å². The summed E-state index contributed by atoms with van der Waals surface area (Å²) in [6.07, 6.45) is 3.13. The summed E-state index contributed by atoms with van der Waals surface area (Å²) in [7, 11) is 0. The van der Waals surface area contributed by atoms with Crippen LogP contribution in [0, 0.1) is 5.92 Å². The van der Waals surface area contributed by atoms with Crippen molar-refractivity contribution < 1.29 is 4.74 Å². The molecule has 1 rings (SSSR count). The molecule has 0 unspecified atom stereocenters. The monoisotopic (exact) mass is 196 g/mol.